The highest BCUT2D eigenvalue weighted by molar-refractivity contribution is 5.78. The van der Waals surface area contributed by atoms with Crippen molar-refractivity contribution >= 4 is 5.71 Å². The summed E-state index contributed by atoms with van der Waals surface area (Å²) in [6.45, 7) is 11.6. The SMILES string of the molecule is C=CCOCC=C.CC(C)=NO. The minimum Gasteiger partial charge on any atom is -0.411 e. The van der Waals surface area contributed by atoms with Crippen molar-refractivity contribution in [2.24, 2.45) is 5.16 Å². The smallest absolute Gasteiger partial charge is 0.0649 e. The summed E-state index contributed by atoms with van der Waals surface area (Å²) in [6.07, 6.45) is 3.42. The molecule has 12 heavy (non-hydrogen) atoms. The van der Waals surface area contributed by atoms with Gasteiger partial charge in [-0.15, -0.1) is 13.2 Å². The van der Waals surface area contributed by atoms with Crippen LogP contribution in [0, 0.1) is 0 Å². The number of hydrogen-bond acceptors (Lipinski definition) is 3. The zero-order chi connectivity index (χ0) is 9.82. The molecule has 1 N–H and O–H groups in total. The van der Waals surface area contributed by atoms with E-state index in [4.69, 9.17) is 9.94 Å². The molecule has 0 heterocycles. The van der Waals surface area contributed by atoms with Gasteiger partial charge in [0.15, 0.2) is 0 Å². The van der Waals surface area contributed by atoms with Crippen LogP contribution in [-0.2, 0) is 4.74 Å². The van der Waals surface area contributed by atoms with Gasteiger partial charge in [-0.3, -0.25) is 0 Å². The van der Waals surface area contributed by atoms with Crippen molar-refractivity contribution in [1.29, 1.82) is 0 Å². The second-order valence-electron chi connectivity index (χ2n) is 2.16. The molecule has 0 aromatic heterocycles. The Morgan fingerprint density at radius 3 is 1.83 bits per heavy atom. The Labute approximate surface area is 74.0 Å². The second kappa shape index (κ2) is 12.6. The van der Waals surface area contributed by atoms with Gasteiger partial charge in [-0.2, -0.15) is 0 Å². The molecule has 0 saturated heterocycles. The summed E-state index contributed by atoms with van der Waals surface area (Å²) in [7, 11) is 0. The molecule has 0 bridgehead atoms. The molecule has 3 nitrogen and oxygen atoms in total. The van der Waals surface area contributed by atoms with E-state index in [1.807, 2.05) is 0 Å². The molecular weight excluding hydrogens is 154 g/mol. The topological polar surface area (TPSA) is 41.8 Å². The van der Waals surface area contributed by atoms with Crippen LogP contribution in [0.5, 0.6) is 0 Å². The summed E-state index contributed by atoms with van der Waals surface area (Å²) in [5.41, 5.74) is 0.685. The van der Waals surface area contributed by atoms with Gasteiger partial charge in [0, 0.05) is 0 Å². The molecule has 0 rings (SSSR count). The number of oxime groups is 1. The average molecular weight is 171 g/mol. The van der Waals surface area contributed by atoms with Gasteiger partial charge in [0.25, 0.3) is 0 Å². The summed E-state index contributed by atoms with van der Waals surface area (Å²) >= 11 is 0. The van der Waals surface area contributed by atoms with Crippen LogP contribution < -0.4 is 0 Å². The zero-order valence-electron chi connectivity index (χ0n) is 7.79. The minimum absolute atomic E-state index is 0.617. The largest absolute Gasteiger partial charge is 0.411 e. The molecule has 0 radical (unpaired) electrons. The normalized spacial score (nSPS) is 7.50. The Kier molecular flexibility index (Phi) is 14.1. The van der Waals surface area contributed by atoms with E-state index in [0.29, 0.717) is 18.9 Å². The lowest BCUT2D eigenvalue weighted by Crippen LogP contribution is -1.87. The fraction of sp³-hybridized carbons (Fsp3) is 0.444. The Hall–Kier alpha value is -1.09. The van der Waals surface area contributed by atoms with Crippen molar-refractivity contribution in [2.75, 3.05) is 13.2 Å². The van der Waals surface area contributed by atoms with Gasteiger partial charge in [-0.05, 0) is 13.8 Å². The third kappa shape index (κ3) is 23.1. The third-order valence-corrected chi connectivity index (χ3v) is 0.671. The highest BCUT2D eigenvalue weighted by Crippen LogP contribution is 1.72. The van der Waals surface area contributed by atoms with E-state index in [2.05, 4.69) is 18.3 Å². The molecule has 0 aliphatic heterocycles. The van der Waals surface area contributed by atoms with Crippen LogP contribution in [0.3, 0.4) is 0 Å². The highest BCUT2D eigenvalue weighted by Gasteiger charge is 1.70. The lowest BCUT2D eigenvalue weighted by atomic mass is 10.5. The van der Waals surface area contributed by atoms with E-state index in [9.17, 15) is 0 Å². The lowest BCUT2D eigenvalue weighted by Gasteiger charge is -1.89. The Bertz CT molecular complexity index is 129. The molecule has 0 unspecified atom stereocenters. The van der Waals surface area contributed by atoms with Crippen LogP contribution in [0.1, 0.15) is 13.8 Å². The van der Waals surface area contributed by atoms with Crippen LogP contribution in [0.25, 0.3) is 0 Å². The average Bonchev–Trinajstić information content (AvgIpc) is 2.07. The van der Waals surface area contributed by atoms with Crippen LogP contribution in [-0.4, -0.2) is 24.1 Å². The van der Waals surface area contributed by atoms with Crippen LogP contribution in [0.15, 0.2) is 30.5 Å². The first kappa shape index (κ1) is 13.5. The van der Waals surface area contributed by atoms with E-state index < -0.39 is 0 Å². The predicted molar refractivity (Wildman–Crippen MR) is 51.8 cm³/mol. The Balaban J connectivity index is 0. The monoisotopic (exact) mass is 171 g/mol. The molecule has 0 amide bonds. The van der Waals surface area contributed by atoms with Crippen molar-refractivity contribution < 1.29 is 9.94 Å². The number of nitrogens with zero attached hydrogens (tertiary/aromatic N) is 1. The predicted octanol–water partition coefficient (Wildman–Crippen LogP) is 2.23. The fourth-order valence-corrected chi connectivity index (χ4v) is 0.235. The maximum absolute atomic E-state index is 7.73. The summed E-state index contributed by atoms with van der Waals surface area (Å²) in [5.74, 6) is 0. The van der Waals surface area contributed by atoms with Gasteiger partial charge in [0.2, 0.25) is 0 Å². The standard InChI is InChI=1S/C6H10O.C3H7NO/c1-3-5-7-6-4-2;1-3(2)4-5/h3-4H,1-2,5-6H2;5H,1-2H3. The third-order valence-electron chi connectivity index (χ3n) is 0.671. The van der Waals surface area contributed by atoms with Crippen molar-refractivity contribution in [1.82, 2.24) is 0 Å². The van der Waals surface area contributed by atoms with Gasteiger partial charge in [0.05, 0.1) is 18.9 Å². The zero-order valence-corrected chi connectivity index (χ0v) is 7.79. The molecule has 3 heteroatoms. The van der Waals surface area contributed by atoms with Gasteiger partial charge in [0.1, 0.15) is 0 Å². The van der Waals surface area contributed by atoms with E-state index in [0.717, 1.165) is 0 Å². The maximum Gasteiger partial charge on any atom is 0.0649 e. The fourth-order valence-electron chi connectivity index (χ4n) is 0.235. The first-order valence-electron chi connectivity index (χ1n) is 3.63. The Morgan fingerprint density at radius 2 is 1.67 bits per heavy atom. The molecular formula is C9H17NO2. The molecule has 0 fully saturated rings. The van der Waals surface area contributed by atoms with Crippen molar-refractivity contribution in [3.8, 4) is 0 Å². The molecule has 0 aliphatic carbocycles. The molecule has 0 atom stereocenters. The molecule has 70 valence electrons. The number of ether oxygens (including phenoxy) is 1. The van der Waals surface area contributed by atoms with E-state index >= 15 is 0 Å². The van der Waals surface area contributed by atoms with Crippen molar-refractivity contribution in [2.45, 2.75) is 13.8 Å². The van der Waals surface area contributed by atoms with E-state index in [-0.39, 0.29) is 0 Å². The van der Waals surface area contributed by atoms with Gasteiger partial charge >= 0.3 is 0 Å². The van der Waals surface area contributed by atoms with E-state index in [1.165, 1.54) is 0 Å². The molecule has 0 saturated carbocycles. The van der Waals surface area contributed by atoms with Gasteiger partial charge in [-0.1, -0.05) is 17.3 Å². The minimum atomic E-state index is 0.617. The molecule has 0 aromatic rings. The molecule has 0 aliphatic rings. The van der Waals surface area contributed by atoms with Gasteiger partial charge < -0.3 is 9.94 Å². The summed E-state index contributed by atoms with van der Waals surface area (Å²) < 4.78 is 4.90. The quantitative estimate of drug-likeness (QED) is 0.232. The van der Waals surface area contributed by atoms with E-state index in [1.54, 1.807) is 26.0 Å². The Morgan fingerprint density at radius 1 is 1.33 bits per heavy atom. The summed E-state index contributed by atoms with van der Waals surface area (Å²) in [5, 5.41) is 10.5. The van der Waals surface area contributed by atoms with Crippen molar-refractivity contribution in [3.05, 3.63) is 25.3 Å². The lowest BCUT2D eigenvalue weighted by molar-refractivity contribution is 0.194. The van der Waals surface area contributed by atoms with Crippen molar-refractivity contribution in [3.63, 3.8) is 0 Å². The van der Waals surface area contributed by atoms with Crippen LogP contribution in [0.2, 0.25) is 0 Å². The maximum atomic E-state index is 7.73. The first-order valence-corrected chi connectivity index (χ1v) is 3.63. The summed E-state index contributed by atoms with van der Waals surface area (Å²) in [4.78, 5) is 0. The van der Waals surface area contributed by atoms with Gasteiger partial charge in [-0.25, -0.2) is 0 Å². The second-order valence-corrected chi connectivity index (χ2v) is 2.16. The molecule has 0 aromatic carbocycles. The van der Waals surface area contributed by atoms with Crippen LogP contribution >= 0.6 is 0 Å². The van der Waals surface area contributed by atoms with Crippen LogP contribution in [0.4, 0.5) is 0 Å². The number of rotatable bonds is 4. The molecule has 0 spiro atoms. The first-order chi connectivity index (χ1) is 5.68. The highest BCUT2D eigenvalue weighted by atomic mass is 16.5. The summed E-state index contributed by atoms with van der Waals surface area (Å²) in [6, 6.07) is 0. The number of hydrogen-bond donors (Lipinski definition) is 1.